The fourth-order valence-corrected chi connectivity index (χ4v) is 2.99. The minimum atomic E-state index is -1.36. The van der Waals surface area contributed by atoms with Crippen molar-refractivity contribution in [1.29, 1.82) is 0 Å². The number of ketones is 1. The van der Waals surface area contributed by atoms with E-state index in [4.69, 9.17) is 4.74 Å². The van der Waals surface area contributed by atoms with Crippen LogP contribution in [0.15, 0.2) is 35.5 Å². The van der Waals surface area contributed by atoms with Gasteiger partial charge < -0.3 is 14.6 Å². The minimum absolute atomic E-state index is 0.0403. The van der Waals surface area contributed by atoms with Crippen molar-refractivity contribution in [2.45, 2.75) is 6.42 Å². The monoisotopic (exact) mass is 292 g/mol. The van der Waals surface area contributed by atoms with Crippen LogP contribution in [0.2, 0.25) is 0 Å². The number of ether oxygens (including phenoxy) is 2. The Labute approximate surface area is 121 Å². The molecule has 1 N–H and O–H groups in total. The number of methoxy groups -OCH3 is 2. The lowest BCUT2D eigenvalue weighted by molar-refractivity contribution is -0.140. The molecule has 21 heavy (non-hydrogen) atoms. The smallest absolute Gasteiger partial charge is 0.335 e. The van der Waals surface area contributed by atoms with E-state index in [0.717, 1.165) is 0 Å². The molecule has 0 radical (unpaired) electrons. The van der Waals surface area contributed by atoms with Crippen molar-refractivity contribution in [2.75, 3.05) is 20.8 Å². The first-order valence-electron chi connectivity index (χ1n) is 6.44. The molecule has 2 atom stereocenters. The van der Waals surface area contributed by atoms with Crippen LogP contribution in [0.5, 0.6) is 0 Å². The molecule has 0 aromatic carbocycles. The normalized spacial score (nSPS) is 27.4. The second kappa shape index (κ2) is 5.65. The third kappa shape index (κ3) is 2.12. The topological polar surface area (TPSA) is 89.9 Å². The van der Waals surface area contributed by atoms with Gasteiger partial charge in [-0.25, -0.2) is 9.59 Å². The Balaban J connectivity index is 2.68. The summed E-state index contributed by atoms with van der Waals surface area (Å²) < 4.78 is 9.41. The number of aliphatic hydroxyl groups excluding tert-OH is 1. The molecular formula is C15H16O6. The van der Waals surface area contributed by atoms with E-state index in [0.29, 0.717) is 0 Å². The van der Waals surface area contributed by atoms with E-state index < -0.39 is 23.3 Å². The van der Waals surface area contributed by atoms with E-state index in [-0.39, 0.29) is 30.0 Å². The summed E-state index contributed by atoms with van der Waals surface area (Å²) in [6, 6.07) is 0. The second-order valence-electron chi connectivity index (χ2n) is 4.87. The Morgan fingerprint density at radius 1 is 1.29 bits per heavy atom. The third-order valence-corrected chi connectivity index (χ3v) is 3.98. The van der Waals surface area contributed by atoms with Crippen LogP contribution in [0.25, 0.3) is 0 Å². The molecule has 0 amide bonds. The Morgan fingerprint density at radius 3 is 2.48 bits per heavy atom. The molecule has 0 unspecified atom stereocenters. The maximum Gasteiger partial charge on any atom is 0.335 e. The van der Waals surface area contributed by atoms with Gasteiger partial charge in [0.2, 0.25) is 0 Å². The van der Waals surface area contributed by atoms with Crippen LogP contribution in [0.1, 0.15) is 6.42 Å². The van der Waals surface area contributed by atoms with E-state index in [1.807, 2.05) is 0 Å². The molecule has 6 heteroatoms. The molecule has 2 aliphatic carbocycles. The van der Waals surface area contributed by atoms with E-state index in [2.05, 4.69) is 4.74 Å². The van der Waals surface area contributed by atoms with Gasteiger partial charge in [-0.3, -0.25) is 4.79 Å². The highest BCUT2D eigenvalue weighted by Crippen LogP contribution is 2.51. The van der Waals surface area contributed by atoms with Crippen LogP contribution >= 0.6 is 0 Å². The van der Waals surface area contributed by atoms with Gasteiger partial charge in [0.1, 0.15) is 0 Å². The number of hydrogen-bond donors (Lipinski definition) is 1. The van der Waals surface area contributed by atoms with Gasteiger partial charge in [0.05, 0.1) is 25.2 Å². The molecule has 112 valence electrons. The number of rotatable bonds is 3. The highest BCUT2D eigenvalue weighted by atomic mass is 16.5. The highest BCUT2D eigenvalue weighted by Gasteiger charge is 2.55. The largest absolute Gasteiger partial charge is 0.466 e. The van der Waals surface area contributed by atoms with E-state index in [1.165, 1.54) is 20.3 Å². The van der Waals surface area contributed by atoms with Crippen LogP contribution in [0.3, 0.4) is 0 Å². The van der Waals surface area contributed by atoms with E-state index in [1.54, 1.807) is 18.2 Å². The average molecular weight is 292 g/mol. The maximum atomic E-state index is 12.4. The van der Waals surface area contributed by atoms with Gasteiger partial charge in [0, 0.05) is 18.1 Å². The molecule has 0 bridgehead atoms. The van der Waals surface area contributed by atoms with Gasteiger partial charge in [-0.1, -0.05) is 18.2 Å². The first-order valence-corrected chi connectivity index (χ1v) is 6.44. The fraction of sp³-hybridized carbons (Fsp3) is 0.400. The number of hydrogen-bond acceptors (Lipinski definition) is 6. The first-order chi connectivity index (χ1) is 10.0. The summed E-state index contributed by atoms with van der Waals surface area (Å²) in [5.74, 6) is -2.42. The quantitative estimate of drug-likeness (QED) is 0.754. The zero-order valence-electron chi connectivity index (χ0n) is 11.8. The summed E-state index contributed by atoms with van der Waals surface area (Å²) in [6.45, 7) is -0.342. The molecular weight excluding hydrogens is 276 g/mol. The number of carbonyl (C=O) groups is 3. The molecule has 0 aromatic rings. The predicted molar refractivity (Wildman–Crippen MR) is 72.0 cm³/mol. The molecule has 0 aromatic heterocycles. The molecule has 0 saturated carbocycles. The minimum Gasteiger partial charge on any atom is -0.466 e. The van der Waals surface area contributed by atoms with Crippen LogP contribution in [0.4, 0.5) is 0 Å². The van der Waals surface area contributed by atoms with Crippen molar-refractivity contribution in [1.82, 2.24) is 0 Å². The summed E-state index contributed by atoms with van der Waals surface area (Å²) >= 11 is 0. The predicted octanol–water partition coefficient (Wildman–Crippen LogP) is 0.323. The second-order valence-corrected chi connectivity index (χ2v) is 4.87. The van der Waals surface area contributed by atoms with Crippen LogP contribution in [-0.2, 0) is 23.9 Å². The van der Waals surface area contributed by atoms with E-state index in [9.17, 15) is 19.5 Å². The van der Waals surface area contributed by atoms with Crippen molar-refractivity contribution in [2.24, 2.45) is 11.3 Å². The van der Waals surface area contributed by atoms with Crippen molar-refractivity contribution in [3.8, 4) is 0 Å². The zero-order valence-corrected chi connectivity index (χ0v) is 11.8. The number of carbonyl (C=O) groups excluding carboxylic acids is 3. The molecule has 2 rings (SSSR count). The Kier molecular flexibility index (Phi) is 4.09. The number of aliphatic hydroxyl groups is 1. The van der Waals surface area contributed by atoms with Gasteiger partial charge in [-0.05, 0) is 12.5 Å². The molecule has 2 aliphatic rings. The lowest BCUT2D eigenvalue weighted by Crippen LogP contribution is -2.40. The lowest BCUT2D eigenvalue weighted by atomic mass is 9.68. The van der Waals surface area contributed by atoms with Crippen LogP contribution < -0.4 is 0 Å². The summed E-state index contributed by atoms with van der Waals surface area (Å²) in [5.41, 5.74) is -1.32. The lowest BCUT2D eigenvalue weighted by Gasteiger charge is -2.32. The van der Waals surface area contributed by atoms with Crippen molar-refractivity contribution in [3.05, 3.63) is 35.5 Å². The first kappa shape index (κ1) is 15.2. The Bertz CT molecular complexity index is 583. The number of allylic oxidation sites excluding steroid dienone is 4. The summed E-state index contributed by atoms with van der Waals surface area (Å²) in [6.07, 6.45) is 6.11. The Hall–Kier alpha value is -2.21. The molecule has 0 aliphatic heterocycles. The fourth-order valence-electron chi connectivity index (χ4n) is 2.99. The van der Waals surface area contributed by atoms with Crippen LogP contribution in [-0.4, -0.2) is 43.7 Å². The van der Waals surface area contributed by atoms with Gasteiger partial charge in [-0.2, -0.15) is 0 Å². The standard InChI is InChI=1S/C15H16O6/c1-20-13(18)10-7-9(8-16)15(12(10)14(19)21-2)6-4-3-5-11(15)17/h3-6,9,16H,7-8H2,1-2H3/t9-,15-/m1/s1. The molecule has 0 saturated heterocycles. The van der Waals surface area contributed by atoms with Gasteiger partial charge in [0.15, 0.2) is 5.78 Å². The highest BCUT2D eigenvalue weighted by molar-refractivity contribution is 6.12. The SMILES string of the molecule is COC(=O)C1=C(C(=O)OC)[C@]2(C=CC=CC2=O)[C@@H](CO)C1. The third-order valence-electron chi connectivity index (χ3n) is 3.98. The Morgan fingerprint density at radius 2 is 1.95 bits per heavy atom. The summed E-state index contributed by atoms with van der Waals surface area (Å²) in [4.78, 5) is 36.5. The summed E-state index contributed by atoms with van der Waals surface area (Å²) in [7, 11) is 2.37. The van der Waals surface area contributed by atoms with Gasteiger partial charge in [-0.15, -0.1) is 0 Å². The summed E-state index contributed by atoms with van der Waals surface area (Å²) in [5, 5.41) is 9.60. The van der Waals surface area contributed by atoms with E-state index >= 15 is 0 Å². The van der Waals surface area contributed by atoms with Crippen molar-refractivity contribution < 1.29 is 29.0 Å². The van der Waals surface area contributed by atoms with Crippen molar-refractivity contribution >= 4 is 17.7 Å². The van der Waals surface area contributed by atoms with Gasteiger partial charge in [0.25, 0.3) is 0 Å². The molecule has 1 spiro atoms. The van der Waals surface area contributed by atoms with Crippen LogP contribution in [0, 0.1) is 11.3 Å². The molecule has 0 fully saturated rings. The maximum absolute atomic E-state index is 12.4. The van der Waals surface area contributed by atoms with Gasteiger partial charge >= 0.3 is 11.9 Å². The average Bonchev–Trinajstić information content (AvgIpc) is 2.83. The molecule has 6 nitrogen and oxygen atoms in total. The molecule has 0 heterocycles. The number of esters is 2. The van der Waals surface area contributed by atoms with Crippen molar-refractivity contribution in [3.63, 3.8) is 0 Å². The zero-order chi connectivity index (χ0) is 15.6.